The minimum Gasteiger partial charge on any atom is -0.368 e. The van der Waals surface area contributed by atoms with Crippen LogP contribution < -0.4 is 4.90 Å². The van der Waals surface area contributed by atoms with Gasteiger partial charge in [-0.2, -0.15) is 0 Å². The van der Waals surface area contributed by atoms with E-state index in [0.29, 0.717) is 31.7 Å². The molecule has 1 amide bonds. The van der Waals surface area contributed by atoms with E-state index in [1.165, 1.54) is 6.92 Å². The van der Waals surface area contributed by atoms with Crippen molar-refractivity contribution in [3.05, 3.63) is 64.2 Å². The smallest absolute Gasteiger partial charge is 0.255 e. The van der Waals surface area contributed by atoms with Crippen molar-refractivity contribution in [1.29, 1.82) is 0 Å². The summed E-state index contributed by atoms with van der Waals surface area (Å²) in [7, 11) is 0. The van der Waals surface area contributed by atoms with Gasteiger partial charge in [0, 0.05) is 37.4 Å². The fourth-order valence-corrected chi connectivity index (χ4v) is 3.16. The van der Waals surface area contributed by atoms with Gasteiger partial charge in [0.25, 0.3) is 5.91 Å². The molecule has 0 bridgehead atoms. The van der Waals surface area contributed by atoms with Gasteiger partial charge in [0.15, 0.2) is 17.4 Å². The van der Waals surface area contributed by atoms with Crippen molar-refractivity contribution in [2.75, 3.05) is 31.1 Å². The van der Waals surface area contributed by atoms with Crippen LogP contribution in [0.15, 0.2) is 36.4 Å². The lowest BCUT2D eigenvalue weighted by atomic mass is 10.1. The first-order chi connectivity index (χ1) is 12.4. The highest BCUT2D eigenvalue weighted by Crippen LogP contribution is 2.23. The van der Waals surface area contributed by atoms with Gasteiger partial charge in [-0.1, -0.05) is 11.6 Å². The van der Waals surface area contributed by atoms with E-state index in [1.807, 2.05) is 12.1 Å². The maximum Gasteiger partial charge on any atom is 0.255 e. The Morgan fingerprint density at radius 2 is 1.54 bits per heavy atom. The molecule has 0 spiro atoms. The minimum atomic E-state index is -1.10. The Bertz CT molecular complexity index is 847. The molecule has 1 fully saturated rings. The van der Waals surface area contributed by atoms with Gasteiger partial charge in [0.1, 0.15) is 0 Å². The molecule has 2 aromatic rings. The fraction of sp³-hybridized carbons (Fsp3) is 0.263. The minimum absolute atomic E-state index is 0.00961. The molecule has 0 aliphatic carbocycles. The van der Waals surface area contributed by atoms with Crippen LogP contribution in [0.4, 0.5) is 14.5 Å². The second-order valence-electron chi connectivity index (χ2n) is 6.13. The summed E-state index contributed by atoms with van der Waals surface area (Å²) in [6.07, 6.45) is 0. The highest BCUT2D eigenvalue weighted by atomic mass is 35.5. The van der Waals surface area contributed by atoms with Crippen LogP contribution in [0.1, 0.15) is 27.6 Å². The summed E-state index contributed by atoms with van der Waals surface area (Å²) in [4.78, 5) is 27.5. The molecular weight excluding hydrogens is 362 g/mol. The van der Waals surface area contributed by atoms with Crippen molar-refractivity contribution >= 4 is 29.0 Å². The predicted octanol–water partition coefficient (Wildman–Crippen LogP) is 3.78. The number of carbonyl (C=O) groups excluding carboxylic acids is 2. The molecule has 1 aliphatic heterocycles. The molecule has 26 heavy (non-hydrogen) atoms. The maximum absolute atomic E-state index is 13.4. The standard InChI is InChI=1S/C19H17ClF2N2O2/c1-12(25)13-2-4-14(5-3-13)23-6-8-24(9-7-23)19(26)15-10-17(21)18(22)11-16(15)20/h2-5,10-11H,6-9H2,1H3. The molecule has 136 valence electrons. The van der Waals surface area contributed by atoms with Crippen LogP contribution in [0.5, 0.6) is 0 Å². The van der Waals surface area contributed by atoms with Crippen LogP contribution in [0.25, 0.3) is 0 Å². The zero-order valence-electron chi connectivity index (χ0n) is 14.1. The number of hydrogen-bond acceptors (Lipinski definition) is 3. The summed E-state index contributed by atoms with van der Waals surface area (Å²) in [6.45, 7) is 3.56. The van der Waals surface area contributed by atoms with Gasteiger partial charge in [-0.3, -0.25) is 9.59 Å². The first-order valence-electron chi connectivity index (χ1n) is 8.16. The molecule has 0 unspecified atom stereocenters. The molecular formula is C19H17ClF2N2O2. The zero-order chi connectivity index (χ0) is 18.8. The molecule has 0 N–H and O–H groups in total. The highest BCUT2D eigenvalue weighted by molar-refractivity contribution is 6.33. The number of piperazine rings is 1. The molecule has 3 rings (SSSR count). The number of rotatable bonds is 3. The number of amides is 1. The Labute approximate surface area is 155 Å². The second-order valence-corrected chi connectivity index (χ2v) is 6.54. The molecule has 0 aromatic heterocycles. The predicted molar refractivity (Wildman–Crippen MR) is 95.9 cm³/mol. The summed E-state index contributed by atoms with van der Waals surface area (Å²) in [5, 5.41) is -0.101. The normalized spacial score (nSPS) is 14.5. The van der Waals surface area contributed by atoms with Crippen LogP contribution in [0, 0.1) is 11.6 Å². The number of hydrogen-bond donors (Lipinski definition) is 0. The van der Waals surface area contributed by atoms with E-state index in [1.54, 1.807) is 17.0 Å². The lowest BCUT2D eigenvalue weighted by Crippen LogP contribution is -2.48. The number of halogens is 3. The molecule has 1 heterocycles. The number of ketones is 1. The van der Waals surface area contributed by atoms with Gasteiger partial charge >= 0.3 is 0 Å². The van der Waals surface area contributed by atoms with Gasteiger partial charge in [0.2, 0.25) is 0 Å². The van der Waals surface area contributed by atoms with E-state index in [0.717, 1.165) is 17.8 Å². The summed E-state index contributed by atoms with van der Waals surface area (Å²) in [5.41, 5.74) is 1.58. The summed E-state index contributed by atoms with van der Waals surface area (Å²) < 4.78 is 26.6. The van der Waals surface area contributed by atoms with Crippen LogP contribution in [-0.2, 0) is 0 Å². The fourth-order valence-electron chi connectivity index (χ4n) is 2.93. The lowest BCUT2D eigenvalue weighted by Gasteiger charge is -2.36. The van der Waals surface area contributed by atoms with Gasteiger partial charge in [0.05, 0.1) is 10.6 Å². The van der Waals surface area contributed by atoms with Crippen molar-refractivity contribution < 1.29 is 18.4 Å². The maximum atomic E-state index is 13.4. The largest absolute Gasteiger partial charge is 0.368 e. The van der Waals surface area contributed by atoms with Gasteiger partial charge in [-0.25, -0.2) is 8.78 Å². The van der Waals surface area contributed by atoms with E-state index in [2.05, 4.69) is 4.90 Å². The van der Waals surface area contributed by atoms with Gasteiger partial charge < -0.3 is 9.80 Å². The van der Waals surface area contributed by atoms with E-state index in [4.69, 9.17) is 11.6 Å². The first-order valence-corrected chi connectivity index (χ1v) is 8.54. The Morgan fingerprint density at radius 1 is 0.962 bits per heavy atom. The van der Waals surface area contributed by atoms with Crippen LogP contribution in [0.2, 0.25) is 5.02 Å². The third-order valence-electron chi connectivity index (χ3n) is 4.45. The summed E-state index contributed by atoms with van der Waals surface area (Å²) in [6, 6.07) is 8.96. The SMILES string of the molecule is CC(=O)c1ccc(N2CCN(C(=O)c3cc(F)c(F)cc3Cl)CC2)cc1. The Kier molecular flexibility index (Phi) is 5.23. The average molecular weight is 379 g/mol. The summed E-state index contributed by atoms with van der Waals surface area (Å²) >= 11 is 5.89. The topological polar surface area (TPSA) is 40.6 Å². The Hall–Kier alpha value is -2.47. The van der Waals surface area contributed by atoms with Crippen molar-refractivity contribution in [3.8, 4) is 0 Å². The molecule has 0 atom stereocenters. The molecule has 0 radical (unpaired) electrons. The quantitative estimate of drug-likeness (QED) is 0.603. The number of nitrogens with zero attached hydrogens (tertiary/aromatic N) is 2. The van der Waals surface area contributed by atoms with E-state index >= 15 is 0 Å². The molecule has 7 heteroatoms. The monoisotopic (exact) mass is 378 g/mol. The molecule has 1 saturated heterocycles. The van der Waals surface area contributed by atoms with Crippen LogP contribution >= 0.6 is 11.6 Å². The van der Waals surface area contributed by atoms with Crippen molar-refractivity contribution in [1.82, 2.24) is 4.90 Å². The zero-order valence-corrected chi connectivity index (χ0v) is 14.9. The molecule has 4 nitrogen and oxygen atoms in total. The third-order valence-corrected chi connectivity index (χ3v) is 4.76. The Morgan fingerprint density at radius 3 is 2.12 bits per heavy atom. The molecule has 1 aliphatic rings. The number of anilines is 1. The summed E-state index contributed by atoms with van der Waals surface area (Å²) in [5.74, 6) is -2.58. The lowest BCUT2D eigenvalue weighted by molar-refractivity contribution is 0.0746. The van der Waals surface area contributed by atoms with Gasteiger partial charge in [-0.05, 0) is 43.3 Å². The highest BCUT2D eigenvalue weighted by Gasteiger charge is 2.25. The number of benzene rings is 2. The Balaban J connectivity index is 1.67. The van der Waals surface area contributed by atoms with Gasteiger partial charge in [-0.15, -0.1) is 0 Å². The van der Waals surface area contributed by atoms with Crippen LogP contribution in [0.3, 0.4) is 0 Å². The van der Waals surface area contributed by atoms with Crippen LogP contribution in [-0.4, -0.2) is 42.8 Å². The van der Waals surface area contributed by atoms with E-state index in [9.17, 15) is 18.4 Å². The molecule has 0 saturated carbocycles. The first kappa shape index (κ1) is 18.3. The third kappa shape index (κ3) is 3.70. The van der Waals surface area contributed by atoms with Crippen molar-refractivity contribution in [3.63, 3.8) is 0 Å². The van der Waals surface area contributed by atoms with Crippen molar-refractivity contribution in [2.45, 2.75) is 6.92 Å². The second kappa shape index (κ2) is 7.41. The van der Waals surface area contributed by atoms with E-state index < -0.39 is 17.5 Å². The average Bonchev–Trinajstić information content (AvgIpc) is 2.64. The van der Waals surface area contributed by atoms with Crippen molar-refractivity contribution in [2.24, 2.45) is 0 Å². The van der Waals surface area contributed by atoms with E-state index in [-0.39, 0.29) is 16.4 Å². The number of carbonyl (C=O) groups is 2. The number of Topliss-reactive ketones (excluding diaryl/α,β-unsaturated/α-hetero) is 1. The molecule has 2 aromatic carbocycles.